The number of benzene rings is 1. The number of fused-ring (bicyclic) bond motifs is 1. The number of aryl methyl sites for hydroxylation is 2. The molecule has 4 heterocycles. The van der Waals surface area contributed by atoms with Crippen molar-refractivity contribution in [3.05, 3.63) is 52.8 Å². The molecule has 2 saturated heterocycles. The van der Waals surface area contributed by atoms with Crippen molar-refractivity contribution >= 4 is 45.1 Å². The Balaban J connectivity index is 1.29. The Hall–Kier alpha value is -4.40. The Kier molecular flexibility index (Phi) is 10.1. The molecule has 2 aromatic heterocycles. The summed E-state index contributed by atoms with van der Waals surface area (Å²) in [6.07, 6.45) is 4.38. The molecule has 3 aromatic rings. The van der Waals surface area contributed by atoms with E-state index in [1.807, 2.05) is 44.9 Å². The number of nitrogens with zero attached hydrogens (tertiary/aromatic N) is 5. The zero-order chi connectivity index (χ0) is 35.8. The molecule has 2 amide bonds. The molecule has 0 saturated carbocycles. The predicted octanol–water partition coefficient (Wildman–Crippen LogP) is 4.37. The molecular formula is C34H47N7O7S. The van der Waals surface area contributed by atoms with E-state index < -0.39 is 33.7 Å². The maximum absolute atomic E-state index is 14.0. The molecule has 0 radical (unpaired) electrons. The summed E-state index contributed by atoms with van der Waals surface area (Å²) in [5, 5.41) is 7.46. The summed E-state index contributed by atoms with van der Waals surface area (Å²) in [7, 11) is -3.59. The number of piperidine rings is 1. The van der Waals surface area contributed by atoms with Crippen LogP contribution in [0.4, 0.5) is 16.3 Å². The Morgan fingerprint density at radius 1 is 1.06 bits per heavy atom. The SMILES string of the molecule is Cc1ccc(NS(C)(=O)=O)c(C(=O)N2CCCC[C@H]2c2cc3nc(N4CC(OC(=O)C(NC(=O)OC(C)(C)C)C(C)C)C4)c(C)cn3n2)c1. The standard InChI is InChI=1S/C34H47N7O7S/c1-20(2)29(36-33(44)48-34(5,6)7)32(43)47-23-18-39(19-23)30-22(4)17-41-28(35-30)16-26(37-41)27-11-9-10-14-40(27)31(42)24-15-21(3)12-13-25(24)38-49(8,45)46/h12-13,15-17,20,23,27,29,38H,9-11,14,18-19H2,1-8H3,(H,36,44)/t27-,29?/m0/s1. The van der Waals surface area contributed by atoms with E-state index in [1.165, 1.54) is 0 Å². The fourth-order valence-corrected chi connectivity index (χ4v) is 6.70. The third-order valence-electron chi connectivity index (χ3n) is 8.45. The Labute approximate surface area is 287 Å². The van der Waals surface area contributed by atoms with Crippen LogP contribution in [0, 0.1) is 19.8 Å². The fraction of sp³-hybridized carbons (Fsp3) is 0.559. The van der Waals surface area contributed by atoms with Crippen LogP contribution in [0.5, 0.6) is 0 Å². The van der Waals surface area contributed by atoms with Crippen LogP contribution < -0.4 is 14.9 Å². The van der Waals surface area contributed by atoms with Gasteiger partial charge >= 0.3 is 12.1 Å². The molecule has 15 heteroatoms. The lowest BCUT2D eigenvalue weighted by atomic mass is 9.97. The number of amides is 2. The molecule has 2 aliphatic rings. The highest BCUT2D eigenvalue weighted by molar-refractivity contribution is 7.92. The number of sulfonamides is 1. The van der Waals surface area contributed by atoms with Crippen molar-refractivity contribution < 1.29 is 32.3 Å². The van der Waals surface area contributed by atoms with Crippen molar-refractivity contribution in [1.82, 2.24) is 24.8 Å². The number of ether oxygens (including phenoxy) is 2. The molecule has 0 bridgehead atoms. The van der Waals surface area contributed by atoms with Crippen LogP contribution in [0.1, 0.15) is 87.1 Å². The molecule has 266 valence electrons. The number of carbonyl (C=O) groups excluding carboxylic acids is 3. The number of aromatic nitrogens is 3. The summed E-state index contributed by atoms with van der Waals surface area (Å²) in [6.45, 7) is 14.1. The Morgan fingerprint density at radius 2 is 1.78 bits per heavy atom. The summed E-state index contributed by atoms with van der Waals surface area (Å²) in [4.78, 5) is 48.0. The number of hydrogen-bond acceptors (Lipinski definition) is 10. The molecule has 0 spiro atoms. The van der Waals surface area contributed by atoms with Gasteiger partial charge in [0.05, 0.1) is 42.3 Å². The lowest BCUT2D eigenvalue weighted by Crippen LogP contribution is -2.56. The highest BCUT2D eigenvalue weighted by Gasteiger charge is 2.37. The van der Waals surface area contributed by atoms with Gasteiger partial charge in [0, 0.05) is 24.4 Å². The summed E-state index contributed by atoms with van der Waals surface area (Å²) >= 11 is 0. The summed E-state index contributed by atoms with van der Waals surface area (Å²) < 4.78 is 39.3. The van der Waals surface area contributed by atoms with Crippen LogP contribution in [0.2, 0.25) is 0 Å². The van der Waals surface area contributed by atoms with E-state index in [4.69, 9.17) is 19.6 Å². The average molecular weight is 698 g/mol. The highest BCUT2D eigenvalue weighted by atomic mass is 32.2. The maximum atomic E-state index is 14.0. The van der Waals surface area contributed by atoms with Gasteiger partial charge in [-0.3, -0.25) is 9.52 Å². The first kappa shape index (κ1) is 35.9. The van der Waals surface area contributed by atoms with Gasteiger partial charge in [0.1, 0.15) is 23.6 Å². The van der Waals surface area contributed by atoms with Crippen LogP contribution in [0.15, 0.2) is 30.5 Å². The first-order valence-electron chi connectivity index (χ1n) is 16.6. The van der Waals surface area contributed by atoms with Gasteiger partial charge in [-0.1, -0.05) is 25.5 Å². The normalized spacial score (nSPS) is 17.9. The van der Waals surface area contributed by atoms with Crippen LogP contribution in [0.25, 0.3) is 5.65 Å². The van der Waals surface area contributed by atoms with Gasteiger partial charge in [0.2, 0.25) is 10.0 Å². The van der Waals surface area contributed by atoms with Gasteiger partial charge in [-0.15, -0.1) is 0 Å². The second kappa shape index (κ2) is 13.8. The van der Waals surface area contributed by atoms with E-state index in [9.17, 15) is 22.8 Å². The minimum absolute atomic E-state index is 0.197. The zero-order valence-corrected chi connectivity index (χ0v) is 30.3. The lowest BCUT2D eigenvalue weighted by Gasteiger charge is -2.40. The van der Waals surface area contributed by atoms with Gasteiger partial charge < -0.3 is 24.6 Å². The van der Waals surface area contributed by atoms with E-state index in [0.717, 1.165) is 36.0 Å². The number of alkyl carbamates (subject to hydrolysis) is 1. The largest absolute Gasteiger partial charge is 0.457 e. The van der Waals surface area contributed by atoms with Crippen LogP contribution >= 0.6 is 0 Å². The van der Waals surface area contributed by atoms with E-state index in [1.54, 1.807) is 48.4 Å². The van der Waals surface area contributed by atoms with Crippen molar-refractivity contribution in [1.29, 1.82) is 0 Å². The van der Waals surface area contributed by atoms with E-state index in [-0.39, 0.29) is 29.7 Å². The monoisotopic (exact) mass is 697 g/mol. The van der Waals surface area contributed by atoms with Crippen molar-refractivity contribution in [2.45, 2.75) is 91.5 Å². The van der Waals surface area contributed by atoms with Gasteiger partial charge in [0.15, 0.2) is 5.65 Å². The molecule has 0 aliphatic carbocycles. The zero-order valence-electron chi connectivity index (χ0n) is 29.4. The van der Waals surface area contributed by atoms with Gasteiger partial charge in [-0.2, -0.15) is 5.10 Å². The minimum Gasteiger partial charge on any atom is -0.457 e. The highest BCUT2D eigenvalue weighted by Crippen LogP contribution is 2.34. The second-order valence-corrected chi connectivity index (χ2v) is 16.1. The number of carbonyl (C=O) groups is 3. The van der Waals surface area contributed by atoms with Crippen molar-refractivity contribution in [2.75, 3.05) is 35.5 Å². The number of esters is 1. The summed E-state index contributed by atoms with van der Waals surface area (Å²) in [5.41, 5.74) is 2.90. The first-order valence-corrected chi connectivity index (χ1v) is 18.5. The molecule has 1 unspecified atom stereocenters. The van der Waals surface area contributed by atoms with Gasteiger partial charge in [0.25, 0.3) is 5.91 Å². The first-order chi connectivity index (χ1) is 22.9. The molecular weight excluding hydrogens is 650 g/mol. The number of hydrogen-bond donors (Lipinski definition) is 2. The van der Waals surface area contributed by atoms with Gasteiger partial charge in [-0.25, -0.2) is 27.5 Å². The molecule has 2 atom stereocenters. The lowest BCUT2D eigenvalue weighted by molar-refractivity contribution is -0.154. The number of likely N-dealkylation sites (tertiary alicyclic amines) is 1. The van der Waals surface area contributed by atoms with E-state index in [2.05, 4.69) is 10.0 Å². The quantitative estimate of drug-likeness (QED) is 0.307. The molecule has 1 aromatic carbocycles. The molecule has 14 nitrogen and oxygen atoms in total. The van der Waals surface area contributed by atoms with Crippen molar-refractivity contribution in [3.63, 3.8) is 0 Å². The summed E-state index contributed by atoms with van der Waals surface area (Å²) in [5.74, 6) is -0.227. The minimum atomic E-state index is -3.59. The predicted molar refractivity (Wildman–Crippen MR) is 185 cm³/mol. The smallest absolute Gasteiger partial charge is 0.408 e. The molecule has 5 rings (SSSR count). The summed E-state index contributed by atoms with van der Waals surface area (Å²) in [6, 6.07) is 5.83. The maximum Gasteiger partial charge on any atom is 0.408 e. The Morgan fingerprint density at radius 3 is 2.43 bits per heavy atom. The fourth-order valence-electron chi connectivity index (χ4n) is 6.12. The molecule has 2 N–H and O–H groups in total. The topological polar surface area (TPSA) is 165 Å². The molecule has 2 aliphatic heterocycles. The van der Waals surface area contributed by atoms with E-state index in [0.29, 0.717) is 43.0 Å². The van der Waals surface area contributed by atoms with Crippen LogP contribution in [-0.2, 0) is 24.3 Å². The van der Waals surface area contributed by atoms with Crippen LogP contribution in [0.3, 0.4) is 0 Å². The Bertz CT molecular complexity index is 1840. The van der Waals surface area contributed by atoms with E-state index >= 15 is 0 Å². The van der Waals surface area contributed by atoms with Crippen molar-refractivity contribution in [2.24, 2.45) is 5.92 Å². The number of anilines is 2. The van der Waals surface area contributed by atoms with Crippen molar-refractivity contribution in [3.8, 4) is 0 Å². The third kappa shape index (κ3) is 8.61. The number of rotatable bonds is 9. The third-order valence-corrected chi connectivity index (χ3v) is 9.04. The second-order valence-electron chi connectivity index (χ2n) is 14.4. The van der Waals surface area contributed by atoms with Gasteiger partial charge in [-0.05, 0) is 71.9 Å². The number of nitrogens with one attached hydrogen (secondary N) is 2. The van der Waals surface area contributed by atoms with Crippen LogP contribution in [-0.4, -0.2) is 89.5 Å². The molecule has 49 heavy (non-hydrogen) atoms. The average Bonchev–Trinajstić information content (AvgIpc) is 3.38. The molecule has 2 fully saturated rings.